The van der Waals surface area contributed by atoms with Gasteiger partial charge in [-0.05, 0) is 31.2 Å². The Morgan fingerprint density at radius 2 is 1.80 bits per heavy atom. The maximum absolute atomic E-state index is 12.6. The second-order valence-electron chi connectivity index (χ2n) is 4.66. The maximum atomic E-state index is 12.6. The molecule has 0 saturated carbocycles. The first-order chi connectivity index (χ1) is 9.68. The van der Waals surface area contributed by atoms with Crippen LogP contribution in [0, 0.1) is 6.92 Å². The van der Waals surface area contributed by atoms with Gasteiger partial charge in [-0.15, -0.1) is 0 Å². The van der Waals surface area contributed by atoms with Crippen LogP contribution in [-0.2, 0) is 0 Å². The Kier molecular flexibility index (Phi) is 2.99. The van der Waals surface area contributed by atoms with Gasteiger partial charge in [-0.1, -0.05) is 24.3 Å². The van der Waals surface area contributed by atoms with Crippen molar-refractivity contribution in [2.75, 3.05) is 11.9 Å². The highest BCUT2D eigenvalue weighted by Gasteiger charge is 2.19. The number of carbonyl (C=O) groups is 1. The number of aromatic nitrogens is 2. The Morgan fingerprint density at radius 3 is 2.55 bits per heavy atom. The van der Waals surface area contributed by atoms with E-state index < -0.39 is 0 Å². The van der Waals surface area contributed by atoms with Crippen molar-refractivity contribution in [3.05, 3.63) is 66.2 Å². The van der Waals surface area contributed by atoms with Gasteiger partial charge < -0.3 is 9.30 Å². The SMILES string of the molecule is Cc1nc(C(=O)N(C)c2ccccc2)c2ccccn12. The molecular formula is C16H15N3O. The fourth-order valence-corrected chi connectivity index (χ4v) is 2.28. The number of amides is 1. The standard InChI is InChI=1S/C16H15N3O/c1-12-17-15(14-10-6-7-11-19(12)14)16(20)18(2)13-8-4-3-5-9-13/h3-11H,1-2H3. The molecule has 100 valence electrons. The van der Waals surface area contributed by atoms with Gasteiger partial charge in [0.2, 0.25) is 0 Å². The minimum absolute atomic E-state index is 0.104. The summed E-state index contributed by atoms with van der Waals surface area (Å²) in [6.07, 6.45) is 1.91. The lowest BCUT2D eigenvalue weighted by molar-refractivity contribution is 0.0990. The maximum Gasteiger partial charge on any atom is 0.278 e. The molecule has 2 heterocycles. The van der Waals surface area contributed by atoms with E-state index in [1.807, 2.05) is 66.1 Å². The molecule has 0 aliphatic carbocycles. The Labute approximate surface area is 117 Å². The lowest BCUT2D eigenvalue weighted by atomic mass is 10.2. The number of fused-ring (bicyclic) bond motifs is 1. The summed E-state index contributed by atoms with van der Waals surface area (Å²) >= 11 is 0. The van der Waals surface area contributed by atoms with Gasteiger partial charge in [-0.3, -0.25) is 4.79 Å². The highest BCUT2D eigenvalue weighted by atomic mass is 16.2. The van der Waals surface area contributed by atoms with Crippen LogP contribution in [0.4, 0.5) is 5.69 Å². The van der Waals surface area contributed by atoms with E-state index in [9.17, 15) is 4.79 Å². The van der Waals surface area contributed by atoms with Crippen LogP contribution in [0.3, 0.4) is 0 Å². The van der Waals surface area contributed by atoms with Gasteiger partial charge in [0.05, 0.1) is 5.52 Å². The zero-order valence-electron chi connectivity index (χ0n) is 11.4. The number of anilines is 1. The van der Waals surface area contributed by atoms with E-state index in [1.54, 1.807) is 11.9 Å². The Hall–Kier alpha value is -2.62. The van der Waals surface area contributed by atoms with Gasteiger partial charge in [-0.25, -0.2) is 4.98 Å². The van der Waals surface area contributed by atoms with E-state index in [0.29, 0.717) is 5.69 Å². The third-order valence-electron chi connectivity index (χ3n) is 3.38. The fourth-order valence-electron chi connectivity index (χ4n) is 2.28. The molecular weight excluding hydrogens is 250 g/mol. The highest BCUT2D eigenvalue weighted by molar-refractivity contribution is 6.08. The molecule has 0 bridgehead atoms. The minimum Gasteiger partial charge on any atom is -0.310 e. The van der Waals surface area contributed by atoms with E-state index in [0.717, 1.165) is 17.0 Å². The molecule has 0 spiro atoms. The van der Waals surface area contributed by atoms with Crippen molar-refractivity contribution < 1.29 is 4.79 Å². The number of hydrogen-bond donors (Lipinski definition) is 0. The molecule has 0 fully saturated rings. The zero-order chi connectivity index (χ0) is 14.1. The number of pyridine rings is 1. The van der Waals surface area contributed by atoms with Gasteiger partial charge in [0.15, 0.2) is 5.69 Å². The van der Waals surface area contributed by atoms with Crippen molar-refractivity contribution >= 4 is 17.1 Å². The number of para-hydroxylation sites is 1. The zero-order valence-corrected chi connectivity index (χ0v) is 11.4. The monoisotopic (exact) mass is 265 g/mol. The smallest absolute Gasteiger partial charge is 0.278 e. The summed E-state index contributed by atoms with van der Waals surface area (Å²) < 4.78 is 1.92. The molecule has 0 atom stereocenters. The summed E-state index contributed by atoms with van der Waals surface area (Å²) in [5.41, 5.74) is 2.17. The van der Waals surface area contributed by atoms with Crippen LogP contribution < -0.4 is 4.90 Å². The Balaban J connectivity index is 2.05. The van der Waals surface area contributed by atoms with Crippen molar-refractivity contribution in [2.45, 2.75) is 6.92 Å². The molecule has 0 N–H and O–H groups in total. The van der Waals surface area contributed by atoms with E-state index in [-0.39, 0.29) is 5.91 Å². The summed E-state index contributed by atoms with van der Waals surface area (Å²) in [5.74, 6) is 0.707. The number of nitrogens with zero attached hydrogens (tertiary/aromatic N) is 3. The van der Waals surface area contributed by atoms with Crippen LogP contribution in [-0.4, -0.2) is 22.3 Å². The van der Waals surface area contributed by atoms with E-state index >= 15 is 0 Å². The molecule has 0 radical (unpaired) electrons. The summed E-state index contributed by atoms with van der Waals surface area (Å²) in [4.78, 5) is 18.7. The van der Waals surface area contributed by atoms with Crippen LogP contribution >= 0.6 is 0 Å². The largest absolute Gasteiger partial charge is 0.310 e. The number of rotatable bonds is 2. The van der Waals surface area contributed by atoms with Crippen molar-refractivity contribution in [2.24, 2.45) is 0 Å². The number of imidazole rings is 1. The van der Waals surface area contributed by atoms with Gasteiger partial charge in [-0.2, -0.15) is 0 Å². The average Bonchev–Trinajstić information content (AvgIpc) is 2.84. The summed E-state index contributed by atoms with van der Waals surface area (Å²) in [6.45, 7) is 1.90. The van der Waals surface area contributed by atoms with Gasteiger partial charge in [0.1, 0.15) is 5.82 Å². The quantitative estimate of drug-likeness (QED) is 0.714. The minimum atomic E-state index is -0.104. The van der Waals surface area contributed by atoms with Crippen molar-refractivity contribution in [1.82, 2.24) is 9.38 Å². The van der Waals surface area contributed by atoms with Gasteiger partial charge in [0, 0.05) is 18.9 Å². The predicted octanol–water partition coefficient (Wildman–Crippen LogP) is 2.92. The van der Waals surface area contributed by atoms with Crippen LogP contribution in [0.25, 0.3) is 5.52 Å². The molecule has 0 unspecified atom stereocenters. The average molecular weight is 265 g/mol. The molecule has 1 aromatic carbocycles. The normalized spacial score (nSPS) is 10.7. The first-order valence-corrected chi connectivity index (χ1v) is 6.45. The topological polar surface area (TPSA) is 37.6 Å². The van der Waals surface area contributed by atoms with Crippen LogP contribution in [0.2, 0.25) is 0 Å². The molecule has 3 aromatic rings. The van der Waals surface area contributed by atoms with E-state index in [4.69, 9.17) is 0 Å². The number of carbonyl (C=O) groups excluding carboxylic acids is 1. The molecule has 4 heteroatoms. The molecule has 2 aromatic heterocycles. The van der Waals surface area contributed by atoms with Crippen molar-refractivity contribution in [3.63, 3.8) is 0 Å². The second-order valence-corrected chi connectivity index (χ2v) is 4.66. The molecule has 1 amide bonds. The lowest BCUT2D eigenvalue weighted by Crippen LogP contribution is -2.26. The molecule has 0 aliphatic rings. The van der Waals surface area contributed by atoms with Crippen molar-refractivity contribution in [1.29, 1.82) is 0 Å². The molecule has 4 nitrogen and oxygen atoms in total. The van der Waals surface area contributed by atoms with Crippen LogP contribution in [0.1, 0.15) is 16.3 Å². The van der Waals surface area contributed by atoms with Gasteiger partial charge in [0.25, 0.3) is 5.91 Å². The van der Waals surface area contributed by atoms with E-state index in [1.165, 1.54) is 0 Å². The number of aryl methyl sites for hydroxylation is 1. The highest BCUT2D eigenvalue weighted by Crippen LogP contribution is 2.18. The third-order valence-corrected chi connectivity index (χ3v) is 3.38. The first kappa shape index (κ1) is 12.4. The summed E-state index contributed by atoms with van der Waals surface area (Å²) in [6, 6.07) is 15.3. The first-order valence-electron chi connectivity index (χ1n) is 6.45. The third kappa shape index (κ3) is 1.95. The predicted molar refractivity (Wildman–Crippen MR) is 79.1 cm³/mol. The summed E-state index contributed by atoms with van der Waals surface area (Å²) in [5, 5.41) is 0. The number of benzene rings is 1. The molecule has 3 rings (SSSR count). The number of hydrogen-bond acceptors (Lipinski definition) is 2. The Morgan fingerprint density at radius 1 is 1.10 bits per heavy atom. The summed E-state index contributed by atoms with van der Waals surface area (Å²) in [7, 11) is 1.76. The fraction of sp³-hybridized carbons (Fsp3) is 0.125. The Bertz CT molecular complexity index is 762. The van der Waals surface area contributed by atoms with Gasteiger partial charge >= 0.3 is 0 Å². The van der Waals surface area contributed by atoms with Crippen LogP contribution in [0.5, 0.6) is 0 Å². The lowest BCUT2D eigenvalue weighted by Gasteiger charge is -2.16. The molecule has 0 saturated heterocycles. The van der Waals surface area contributed by atoms with E-state index in [2.05, 4.69) is 4.98 Å². The second kappa shape index (κ2) is 4.81. The molecule has 20 heavy (non-hydrogen) atoms. The van der Waals surface area contributed by atoms with Crippen molar-refractivity contribution in [3.8, 4) is 0 Å². The molecule has 0 aliphatic heterocycles. The van der Waals surface area contributed by atoms with Crippen LogP contribution in [0.15, 0.2) is 54.7 Å².